The summed E-state index contributed by atoms with van der Waals surface area (Å²) in [6.45, 7) is 0.566. The highest BCUT2D eigenvalue weighted by atomic mass is 35.5. The lowest BCUT2D eigenvalue weighted by atomic mass is 10.0. The van der Waals surface area contributed by atoms with Crippen molar-refractivity contribution in [1.29, 1.82) is 0 Å². The van der Waals surface area contributed by atoms with Gasteiger partial charge in [0.05, 0.1) is 29.8 Å². The van der Waals surface area contributed by atoms with E-state index in [0.29, 0.717) is 40.4 Å². The van der Waals surface area contributed by atoms with E-state index in [4.69, 9.17) is 30.9 Å². The van der Waals surface area contributed by atoms with Crippen molar-refractivity contribution in [2.45, 2.75) is 49.7 Å². The first kappa shape index (κ1) is 23.6. The van der Waals surface area contributed by atoms with Crippen LogP contribution in [0.2, 0.25) is 5.02 Å². The molecule has 0 saturated carbocycles. The van der Waals surface area contributed by atoms with Gasteiger partial charge in [-0.1, -0.05) is 29.8 Å². The quantitative estimate of drug-likeness (QED) is 0.378. The number of hydrogen-bond donors (Lipinski definition) is 4. The summed E-state index contributed by atoms with van der Waals surface area (Å²) in [5.41, 5.74) is 3.34. The number of imidazole rings is 1. The normalized spacial score (nSPS) is 27.2. The van der Waals surface area contributed by atoms with E-state index in [1.54, 1.807) is 6.07 Å². The van der Waals surface area contributed by atoms with Crippen molar-refractivity contribution in [3.63, 3.8) is 0 Å². The number of ether oxygens (including phenoxy) is 3. The third-order valence-corrected chi connectivity index (χ3v) is 7.14. The number of fused-ring (bicyclic) bond motifs is 3. The van der Waals surface area contributed by atoms with Gasteiger partial charge in [-0.25, -0.2) is 9.37 Å². The molecule has 0 bridgehead atoms. The van der Waals surface area contributed by atoms with Crippen LogP contribution in [0.1, 0.15) is 35.6 Å². The van der Waals surface area contributed by atoms with Gasteiger partial charge in [0, 0.05) is 12.2 Å². The second-order valence-corrected chi connectivity index (χ2v) is 9.68. The van der Waals surface area contributed by atoms with Crippen LogP contribution in [0.5, 0.6) is 6.01 Å². The van der Waals surface area contributed by atoms with Gasteiger partial charge in [-0.2, -0.15) is 4.98 Å². The van der Waals surface area contributed by atoms with Crippen LogP contribution in [0.3, 0.4) is 0 Å². The molecule has 190 valence electrons. The molecule has 2 saturated heterocycles. The summed E-state index contributed by atoms with van der Waals surface area (Å²) in [6, 6.07) is 5.17. The van der Waals surface area contributed by atoms with Gasteiger partial charge in [0.1, 0.15) is 29.9 Å². The van der Waals surface area contributed by atoms with Crippen molar-refractivity contribution in [2.75, 3.05) is 25.1 Å². The highest BCUT2D eigenvalue weighted by molar-refractivity contribution is 6.33. The average Bonchev–Trinajstić information content (AvgIpc) is 3.61. The third-order valence-electron chi connectivity index (χ3n) is 6.86. The predicted octanol–water partition coefficient (Wildman–Crippen LogP) is 3.15. The smallest absolute Gasteiger partial charge is 0.296 e. The molecular formula is C25H26ClFN4O5. The molecule has 0 radical (unpaired) electrons. The van der Waals surface area contributed by atoms with Gasteiger partial charge in [-0.15, -0.1) is 0 Å². The fourth-order valence-corrected chi connectivity index (χ4v) is 5.39. The Bertz CT molecular complexity index is 1320. The van der Waals surface area contributed by atoms with Crippen molar-refractivity contribution in [3.05, 3.63) is 51.8 Å². The zero-order valence-electron chi connectivity index (χ0n) is 19.3. The highest BCUT2D eigenvalue weighted by Gasteiger charge is 2.48. The minimum atomic E-state index is -0.659. The number of nitrogens with zero attached hydrogens (tertiary/aromatic N) is 2. The molecular weight excluding hydrogens is 491 g/mol. The molecule has 6 rings (SSSR count). The number of aromatic amines is 1. The summed E-state index contributed by atoms with van der Waals surface area (Å²) in [4.78, 5) is 12.1. The molecule has 3 aromatic rings. The first-order valence-electron chi connectivity index (χ1n) is 12.0. The molecule has 11 heteroatoms. The van der Waals surface area contributed by atoms with E-state index < -0.39 is 18.3 Å². The number of nitrogens with one attached hydrogen (secondary N) is 2. The summed E-state index contributed by atoms with van der Waals surface area (Å²) < 4.78 is 32.2. The summed E-state index contributed by atoms with van der Waals surface area (Å²) in [7, 11) is 0. The highest BCUT2D eigenvalue weighted by Crippen LogP contribution is 2.38. The molecule has 9 nitrogen and oxygen atoms in total. The number of aromatic nitrogens is 3. The maximum Gasteiger partial charge on any atom is 0.296 e. The molecule has 3 aliphatic rings. The Morgan fingerprint density at radius 1 is 1.22 bits per heavy atom. The summed E-state index contributed by atoms with van der Waals surface area (Å²) in [5, 5.41) is 22.5. The molecule has 5 atom stereocenters. The van der Waals surface area contributed by atoms with Crippen LogP contribution in [-0.2, 0) is 15.9 Å². The summed E-state index contributed by atoms with van der Waals surface area (Å²) >= 11 is 6.51. The van der Waals surface area contributed by atoms with E-state index in [0.717, 1.165) is 17.5 Å². The SMILES string of the molecule is OCC/C=C/c1cc(F)c2c(c1)CCC2Nc1nc2nc(O[C@@H]3CO[C@H]4[C@@H]3OC[C@H]4O)[nH]c2cc1Cl. The molecule has 36 heavy (non-hydrogen) atoms. The van der Waals surface area contributed by atoms with E-state index >= 15 is 4.39 Å². The zero-order chi connectivity index (χ0) is 24.8. The fraction of sp³-hybridized carbons (Fsp3) is 0.440. The van der Waals surface area contributed by atoms with Crippen LogP contribution in [0.15, 0.2) is 24.3 Å². The van der Waals surface area contributed by atoms with Gasteiger partial charge < -0.3 is 34.7 Å². The van der Waals surface area contributed by atoms with Gasteiger partial charge in [-0.3, -0.25) is 0 Å². The van der Waals surface area contributed by atoms with Crippen molar-refractivity contribution < 1.29 is 28.8 Å². The van der Waals surface area contributed by atoms with Crippen LogP contribution in [0.25, 0.3) is 17.2 Å². The first-order valence-corrected chi connectivity index (χ1v) is 12.4. The molecule has 1 unspecified atom stereocenters. The molecule has 1 aliphatic carbocycles. The summed E-state index contributed by atoms with van der Waals surface area (Å²) in [6.07, 6.45) is 3.80. The molecule has 0 spiro atoms. The monoisotopic (exact) mass is 516 g/mol. The van der Waals surface area contributed by atoms with Crippen LogP contribution in [0, 0.1) is 5.82 Å². The van der Waals surface area contributed by atoms with E-state index in [2.05, 4.69) is 20.3 Å². The molecule has 4 N–H and O–H groups in total. The number of pyridine rings is 1. The number of benzene rings is 1. The number of aliphatic hydroxyl groups is 2. The van der Waals surface area contributed by atoms with Crippen LogP contribution < -0.4 is 10.1 Å². The number of aliphatic hydroxyl groups excluding tert-OH is 2. The average molecular weight is 517 g/mol. The predicted molar refractivity (Wildman–Crippen MR) is 131 cm³/mol. The van der Waals surface area contributed by atoms with Crippen molar-refractivity contribution >= 4 is 34.7 Å². The topological polar surface area (TPSA) is 122 Å². The van der Waals surface area contributed by atoms with Crippen LogP contribution in [0.4, 0.5) is 10.2 Å². The minimum Gasteiger partial charge on any atom is -0.456 e. The number of aryl methyl sites for hydroxylation is 1. The number of anilines is 1. The molecule has 1 aromatic carbocycles. The zero-order valence-corrected chi connectivity index (χ0v) is 20.0. The Kier molecular flexibility index (Phi) is 6.30. The number of rotatable bonds is 7. The molecule has 2 fully saturated rings. The molecule has 0 amide bonds. The second kappa shape index (κ2) is 9.60. The molecule has 4 heterocycles. The van der Waals surface area contributed by atoms with E-state index in [-0.39, 0.29) is 43.8 Å². The lowest BCUT2D eigenvalue weighted by Crippen LogP contribution is -2.34. The van der Waals surface area contributed by atoms with E-state index in [9.17, 15) is 5.11 Å². The maximum absolute atomic E-state index is 15.0. The summed E-state index contributed by atoms with van der Waals surface area (Å²) in [5.74, 6) is 0.132. The molecule has 2 aliphatic heterocycles. The lowest BCUT2D eigenvalue weighted by Gasteiger charge is -2.16. The van der Waals surface area contributed by atoms with E-state index in [1.807, 2.05) is 18.2 Å². The van der Waals surface area contributed by atoms with Gasteiger partial charge in [-0.05, 0) is 42.5 Å². The number of H-pyrrole nitrogens is 1. The van der Waals surface area contributed by atoms with Crippen molar-refractivity contribution in [3.8, 4) is 6.01 Å². The van der Waals surface area contributed by atoms with Gasteiger partial charge in [0.2, 0.25) is 0 Å². The largest absolute Gasteiger partial charge is 0.456 e. The van der Waals surface area contributed by atoms with Gasteiger partial charge in [0.25, 0.3) is 6.01 Å². The van der Waals surface area contributed by atoms with Gasteiger partial charge in [0.15, 0.2) is 11.8 Å². The third kappa shape index (κ3) is 4.33. The standard InChI is InChI=1S/C25H26ClFN4O5/c26-14-9-17-24(31-25(29-17)36-19-11-35-21-18(33)10-34-22(19)21)30-23(14)28-16-5-4-13-7-12(3-1-2-6-32)8-15(27)20(13)16/h1,3,7-9,16,18-19,21-22,32-33H,2,4-6,10-11H2,(H2,28,29,30,31)/b3-1+/t16?,18-,19-,21-,22-/m1/s1. The Hall–Kier alpha value is -2.76. The van der Waals surface area contributed by atoms with Gasteiger partial charge >= 0.3 is 0 Å². The Morgan fingerprint density at radius 3 is 2.94 bits per heavy atom. The first-order chi connectivity index (χ1) is 17.5. The van der Waals surface area contributed by atoms with Crippen molar-refractivity contribution in [2.24, 2.45) is 0 Å². The minimum absolute atomic E-state index is 0.0617. The van der Waals surface area contributed by atoms with Crippen LogP contribution in [-0.4, -0.2) is 69.4 Å². The van der Waals surface area contributed by atoms with Crippen LogP contribution >= 0.6 is 11.6 Å². The number of hydrogen-bond acceptors (Lipinski definition) is 8. The fourth-order valence-electron chi connectivity index (χ4n) is 5.18. The van der Waals surface area contributed by atoms with Crippen molar-refractivity contribution in [1.82, 2.24) is 15.0 Å². The van der Waals surface area contributed by atoms with E-state index in [1.165, 1.54) is 6.07 Å². The maximum atomic E-state index is 15.0. The number of halogens is 2. The Balaban J connectivity index is 1.20. The Morgan fingerprint density at radius 2 is 2.08 bits per heavy atom. The second-order valence-electron chi connectivity index (χ2n) is 9.28. The molecule has 2 aromatic heterocycles. The Labute approximate surface area is 211 Å². The lowest BCUT2D eigenvalue weighted by molar-refractivity contribution is 0.00706.